The largest absolute Gasteiger partial charge is 0.490 e. The van der Waals surface area contributed by atoms with E-state index < -0.39 is 0 Å². The van der Waals surface area contributed by atoms with Crippen LogP contribution in [-0.4, -0.2) is 18.3 Å². The lowest BCUT2D eigenvalue weighted by Gasteiger charge is -2.14. The van der Waals surface area contributed by atoms with Gasteiger partial charge >= 0.3 is 0 Å². The number of thiophene rings is 1. The lowest BCUT2D eigenvalue weighted by atomic mass is 10.2. The second kappa shape index (κ2) is 7.67. The monoisotopic (exact) mass is 356 g/mol. The first-order valence-electron chi connectivity index (χ1n) is 6.45. The van der Waals surface area contributed by atoms with Crippen LogP contribution in [0.2, 0.25) is 0 Å². The molecule has 20 heavy (non-hydrogen) atoms. The maximum atomic E-state index is 9.23. The molecule has 0 atom stereocenters. The van der Waals surface area contributed by atoms with E-state index in [1.807, 2.05) is 25.1 Å². The van der Waals surface area contributed by atoms with E-state index in [0.717, 1.165) is 16.5 Å². The molecular formula is C15H17BrO3S. The molecule has 3 nitrogen and oxygen atoms in total. The molecule has 2 rings (SSSR count). The number of benzene rings is 1. The van der Waals surface area contributed by atoms with Gasteiger partial charge in [-0.15, -0.1) is 11.3 Å². The molecule has 1 N–H and O–H groups in total. The first kappa shape index (κ1) is 15.4. The van der Waals surface area contributed by atoms with Crippen molar-refractivity contribution < 1.29 is 14.6 Å². The Morgan fingerprint density at radius 3 is 2.80 bits per heavy atom. The molecule has 0 aliphatic heterocycles. The van der Waals surface area contributed by atoms with Crippen molar-refractivity contribution in [2.45, 2.75) is 20.0 Å². The number of ether oxygens (including phenoxy) is 2. The summed E-state index contributed by atoms with van der Waals surface area (Å²) in [7, 11) is 0. The maximum absolute atomic E-state index is 9.23. The Balaban J connectivity index is 2.08. The molecule has 0 spiro atoms. The van der Waals surface area contributed by atoms with Gasteiger partial charge in [0.05, 0.1) is 24.3 Å². The molecule has 5 heteroatoms. The smallest absolute Gasteiger partial charge is 0.175 e. The van der Waals surface area contributed by atoms with Crippen molar-refractivity contribution in [1.29, 1.82) is 0 Å². The number of halogens is 1. The number of hydrogen-bond donors (Lipinski definition) is 1. The number of aliphatic hydroxyl groups excluding tert-OH is 1. The predicted molar refractivity (Wildman–Crippen MR) is 84.8 cm³/mol. The highest BCUT2D eigenvalue weighted by Crippen LogP contribution is 2.37. The van der Waals surface area contributed by atoms with Gasteiger partial charge in [-0.1, -0.05) is 6.07 Å². The zero-order valence-electron chi connectivity index (χ0n) is 11.3. The average molecular weight is 357 g/mol. The highest BCUT2D eigenvalue weighted by molar-refractivity contribution is 9.10. The summed E-state index contributed by atoms with van der Waals surface area (Å²) in [6, 6.07) is 7.80. The Morgan fingerprint density at radius 1 is 1.30 bits per heavy atom. The summed E-state index contributed by atoms with van der Waals surface area (Å²) in [5.74, 6) is 1.36. The average Bonchev–Trinajstić information content (AvgIpc) is 2.95. The van der Waals surface area contributed by atoms with Crippen LogP contribution in [0.15, 0.2) is 34.1 Å². The van der Waals surface area contributed by atoms with Crippen molar-refractivity contribution in [2.75, 3.05) is 13.2 Å². The number of aliphatic hydroxyl groups is 1. The lowest BCUT2D eigenvalue weighted by Crippen LogP contribution is -2.04. The third-order valence-corrected chi connectivity index (χ3v) is 4.25. The predicted octanol–water partition coefficient (Wildman–Crippen LogP) is 4.02. The lowest BCUT2D eigenvalue weighted by molar-refractivity contribution is 0.269. The Labute approximate surface area is 131 Å². The zero-order chi connectivity index (χ0) is 14.4. The zero-order valence-corrected chi connectivity index (χ0v) is 13.7. The van der Waals surface area contributed by atoms with E-state index in [1.54, 1.807) is 11.3 Å². The number of rotatable bonds is 7. The SMILES string of the molecule is CCOc1cc(CO)cc(Br)c1OCCc1cccs1. The Bertz CT molecular complexity index is 540. The van der Waals surface area contributed by atoms with Crippen molar-refractivity contribution in [3.8, 4) is 11.5 Å². The third kappa shape index (κ3) is 3.98. The molecule has 108 valence electrons. The summed E-state index contributed by atoms with van der Waals surface area (Å²) in [6.07, 6.45) is 0.872. The molecule has 2 aromatic rings. The van der Waals surface area contributed by atoms with Crippen LogP contribution in [-0.2, 0) is 13.0 Å². The van der Waals surface area contributed by atoms with Crippen LogP contribution in [0.5, 0.6) is 11.5 Å². The maximum Gasteiger partial charge on any atom is 0.175 e. The van der Waals surface area contributed by atoms with Crippen LogP contribution in [0.3, 0.4) is 0 Å². The Hall–Kier alpha value is -1.04. The third-order valence-electron chi connectivity index (χ3n) is 2.73. The second-order valence-electron chi connectivity index (χ2n) is 4.17. The highest BCUT2D eigenvalue weighted by atomic mass is 79.9. The van der Waals surface area contributed by atoms with E-state index in [1.165, 1.54) is 4.88 Å². The Morgan fingerprint density at radius 2 is 2.15 bits per heavy atom. The van der Waals surface area contributed by atoms with Crippen molar-refractivity contribution in [1.82, 2.24) is 0 Å². The van der Waals surface area contributed by atoms with Crippen LogP contribution in [0, 0.1) is 0 Å². The molecule has 1 heterocycles. The van der Waals surface area contributed by atoms with Gasteiger partial charge in [0.25, 0.3) is 0 Å². The van der Waals surface area contributed by atoms with Crippen molar-refractivity contribution >= 4 is 27.3 Å². The summed E-state index contributed by atoms with van der Waals surface area (Å²) < 4.78 is 12.2. The fourth-order valence-electron chi connectivity index (χ4n) is 1.82. The molecule has 0 aliphatic rings. The molecule has 0 unspecified atom stereocenters. The molecule has 0 radical (unpaired) electrons. The first-order valence-corrected chi connectivity index (χ1v) is 8.13. The van der Waals surface area contributed by atoms with E-state index in [4.69, 9.17) is 9.47 Å². The van der Waals surface area contributed by atoms with Gasteiger partial charge in [0.15, 0.2) is 11.5 Å². The summed E-state index contributed by atoms with van der Waals surface area (Å²) in [6.45, 7) is 3.06. The topological polar surface area (TPSA) is 38.7 Å². The first-order chi connectivity index (χ1) is 9.74. The van der Waals surface area contributed by atoms with E-state index in [0.29, 0.717) is 24.7 Å². The fourth-order valence-corrected chi connectivity index (χ4v) is 3.12. The molecule has 0 aliphatic carbocycles. The highest BCUT2D eigenvalue weighted by Gasteiger charge is 2.12. The van der Waals surface area contributed by atoms with Crippen molar-refractivity contribution in [3.63, 3.8) is 0 Å². The van der Waals surface area contributed by atoms with Gasteiger partial charge in [-0.2, -0.15) is 0 Å². The van der Waals surface area contributed by atoms with E-state index in [-0.39, 0.29) is 6.61 Å². The molecule has 0 fully saturated rings. The van der Waals surface area contributed by atoms with Gasteiger partial charge in [0, 0.05) is 11.3 Å². The van der Waals surface area contributed by atoms with Crippen LogP contribution < -0.4 is 9.47 Å². The molecule has 0 saturated carbocycles. The summed E-state index contributed by atoms with van der Waals surface area (Å²) >= 11 is 5.20. The van der Waals surface area contributed by atoms with E-state index in [9.17, 15) is 5.11 Å². The van der Waals surface area contributed by atoms with Crippen molar-refractivity contribution in [3.05, 3.63) is 44.6 Å². The Kier molecular flexibility index (Phi) is 5.88. The van der Waals surface area contributed by atoms with Gasteiger partial charge in [0.2, 0.25) is 0 Å². The normalized spacial score (nSPS) is 10.6. The summed E-state index contributed by atoms with van der Waals surface area (Å²) in [5.41, 5.74) is 0.797. The van der Waals surface area contributed by atoms with Gasteiger partial charge in [-0.3, -0.25) is 0 Å². The van der Waals surface area contributed by atoms with Crippen LogP contribution in [0.25, 0.3) is 0 Å². The van der Waals surface area contributed by atoms with E-state index in [2.05, 4.69) is 27.4 Å². The summed E-state index contributed by atoms with van der Waals surface area (Å²) in [5, 5.41) is 11.3. The quantitative estimate of drug-likeness (QED) is 0.813. The van der Waals surface area contributed by atoms with Crippen LogP contribution >= 0.6 is 27.3 Å². The van der Waals surface area contributed by atoms with Crippen molar-refractivity contribution in [2.24, 2.45) is 0 Å². The molecule has 1 aromatic heterocycles. The molecule has 0 bridgehead atoms. The molecule has 0 saturated heterocycles. The van der Waals surface area contributed by atoms with Gasteiger partial charge in [0.1, 0.15) is 0 Å². The van der Waals surface area contributed by atoms with Crippen LogP contribution in [0.1, 0.15) is 17.4 Å². The fraction of sp³-hybridized carbons (Fsp3) is 0.333. The molecule has 1 aromatic carbocycles. The van der Waals surface area contributed by atoms with E-state index >= 15 is 0 Å². The molecular weight excluding hydrogens is 340 g/mol. The van der Waals surface area contributed by atoms with Crippen LogP contribution in [0.4, 0.5) is 0 Å². The number of hydrogen-bond acceptors (Lipinski definition) is 4. The van der Waals surface area contributed by atoms with Gasteiger partial charge in [-0.05, 0) is 52.0 Å². The minimum absolute atomic E-state index is 0.0197. The minimum Gasteiger partial charge on any atom is -0.490 e. The van der Waals surface area contributed by atoms with Gasteiger partial charge < -0.3 is 14.6 Å². The second-order valence-corrected chi connectivity index (χ2v) is 6.06. The minimum atomic E-state index is -0.0197. The molecule has 0 amide bonds. The summed E-state index contributed by atoms with van der Waals surface area (Å²) in [4.78, 5) is 1.30. The standard InChI is InChI=1S/C15H17BrO3S/c1-2-18-14-9-11(10-17)8-13(16)15(14)19-6-5-12-4-3-7-20-12/h3-4,7-9,17H,2,5-6,10H2,1H3. The van der Waals surface area contributed by atoms with Gasteiger partial charge in [-0.25, -0.2) is 0 Å².